The van der Waals surface area contributed by atoms with Crippen LogP contribution in [0.1, 0.15) is 85.3 Å². The zero-order valence-corrected chi connectivity index (χ0v) is 26.8. The maximum absolute atomic E-state index is 11.9. The van der Waals surface area contributed by atoms with Crippen LogP contribution >= 0.6 is 34.0 Å². The first-order chi connectivity index (χ1) is 21.1. The van der Waals surface area contributed by atoms with E-state index in [1.807, 2.05) is 6.07 Å². The second-order valence-electron chi connectivity index (χ2n) is 11.5. The Morgan fingerprint density at radius 3 is 2.16 bits per heavy atom. The molecule has 0 amide bonds. The van der Waals surface area contributed by atoms with E-state index in [1.165, 1.54) is 90.2 Å². The van der Waals surface area contributed by atoms with E-state index < -0.39 is 5.41 Å². The van der Waals surface area contributed by atoms with E-state index in [4.69, 9.17) is 0 Å². The maximum atomic E-state index is 11.9. The molecule has 43 heavy (non-hydrogen) atoms. The fourth-order valence-corrected chi connectivity index (χ4v) is 10.1. The normalized spacial score (nSPS) is 15.5. The summed E-state index contributed by atoms with van der Waals surface area (Å²) in [7, 11) is 0. The first-order valence-corrected chi connectivity index (χ1v) is 17.4. The van der Waals surface area contributed by atoms with Gasteiger partial charge in [0.05, 0.1) is 19.9 Å². The molecule has 7 rings (SSSR count). The Kier molecular flexibility index (Phi) is 7.50. The molecule has 1 atom stereocenters. The van der Waals surface area contributed by atoms with Crippen LogP contribution in [-0.4, -0.2) is 12.6 Å². The molecule has 0 radical (unpaired) electrons. The lowest BCUT2D eigenvalue weighted by Gasteiger charge is -2.34. The summed E-state index contributed by atoms with van der Waals surface area (Å²) >= 11 is 4.93. The van der Waals surface area contributed by atoms with Gasteiger partial charge in [0.1, 0.15) is 0 Å². The van der Waals surface area contributed by atoms with Crippen LogP contribution in [0.3, 0.4) is 0 Å². The molecule has 0 aliphatic heterocycles. The highest BCUT2D eigenvalue weighted by Crippen LogP contribution is 2.62. The number of aldehydes is 2. The predicted molar refractivity (Wildman–Crippen MR) is 184 cm³/mol. The minimum absolute atomic E-state index is 0.539. The summed E-state index contributed by atoms with van der Waals surface area (Å²) in [5, 5.41) is 0. The number of fused-ring (bicyclic) bond motifs is 5. The van der Waals surface area contributed by atoms with Crippen molar-refractivity contribution in [1.29, 1.82) is 0 Å². The predicted octanol–water partition coefficient (Wildman–Crippen LogP) is 11.1. The Labute approximate surface area is 264 Å². The smallest absolute Gasteiger partial charge is 0.160 e. The van der Waals surface area contributed by atoms with Crippen molar-refractivity contribution >= 4 is 56.0 Å². The zero-order chi connectivity index (χ0) is 29.6. The Balaban J connectivity index is 1.50. The van der Waals surface area contributed by atoms with E-state index in [9.17, 15) is 9.59 Å². The number of rotatable bonds is 10. The number of hydrogen-bond donors (Lipinski definition) is 0. The second-order valence-corrected chi connectivity index (χ2v) is 14.7. The SMILES string of the molecule is CCCCCCc1ccc(C2(c3ccc(C)cc3)c3cc(-c4ccc(C=O)s4)ccc3-c3sc4cc(C=O)sc4c32)cc1. The molecule has 0 saturated heterocycles. The Hall–Kier alpha value is -3.64. The third kappa shape index (κ3) is 4.66. The quantitative estimate of drug-likeness (QED) is 0.113. The van der Waals surface area contributed by atoms with Crippen LogP contribution in [0, 0.1) is 6.92 Å². The minimum Gasteiger partial charge on any atom is -0.297 e. The molecule has 0 N–H and O–H groups in total. The van der Waals surface area contributed by atoms with Gasteiger partial charge >= 0.3 is 0 Å². The average Bonchev–Trinajstić information content (AvgIpc) is 3.80. The van der Waals surface area contributed by atoms with E-state index in [0.717, 1.165) is 39.2 Å². The third-order valence-electron chi connectivity index (χ3n) is 8.76. The lowest BCUT2D eigenvalue weighted by Crippen LogP contribution is -2.28. The van der Waals surface area contributed by atoms with Crippen molar-refractivity contribution in [2.75, 3.05) is 0 Å². The van der Waals surface area contributed by atoms with Crippen molar-refractivity contribution < 1.29 is 9.59 Å². The lowest BCUT2D eigenvalue weighted by atomic mass is 9.67. The Morgan fingerprint density at radius 1 is 0.721 bits per heavy atom. The number of benzene rings is 3. The molecule has 0 spiro atoms. The molecule has 3 heterocycles. The van der Waals surface area contributed by atoms with Crippen LogP contribution in [0.4, 0.5) is 0 Å². The van der Waals surface area contributed by atoms with E-state index in [1.54, 1.807) is 22.7 Å². The van der Waals surface area contributed by atoms with Gasteiger partial charge in [0, 0.05) is 20.0 Å². The van der Waals surface area contributed by atoms with Crippen LogP contribution in [0.25, 0.3) is 30.3 Å². The molecule has 3 aromatic carbocycles. The molecule has 1 aliphatic rings. The Bertz CT molecular complexity index is 1950. The molecule has 3 aromatic heterocycles. The van der Waals surface area contributed by atoms with Gasteiger partial charge in [-0.05, 0) is 77.4 Å². The third-order valence-corrected chi connectivity index (χ3v) is 12.2. The molecule has 1 aliphatic carbocycles. The standard InChI is InChI=1S/C38H32O2S3/c1-3-4-5-6-7-25-10-15-28(16-11-25)38(27-13-8-24(2)9-14-27)32-20-26(33-19-17-29(22-39)41-33)12-18-31(32)36-35(38)37-34(43-36)21-30(23-40)42-37/h8-23H,3-7H2,1-2H3. The van der Waals surface area contributed by atoms with Crippen molar-refractivity contribution in [3.05, 3.63) is 128 Å². The highest BCUT2D eigenvalue weighted by atomic mass is 32.1. The summed E-state index contributed by atoms with van der Waals surface area (Å²) < 4.78 is 2.37. The molecule has 1 unspecified atom stereocenters. The molecule has 0 bridgehead atoms. The van der Waals surface area contributed by atoms with Crippen molar-refractivity contribution in [1.82, 2.24) is 0 Å². The summed E-state index contributed by atoms with van der Waals surface area (Å²) in [6, 6.07) is 31.1. The minimum atomic E-state index is -0.539. The monoisotopic (exact) mass is 616 g/mol. The number of thiophene rings is 3. The number of aryl methyl sites for hydroxylation is 2. The number of carbonyl (C=O) groups is 2. The van der Waals surface area contributed by atoms with Crippen LogP contribution in [0.2, 0.25) is 0 Å². The van der Waals surface area contributed by atoms with Crippen molar-refractivity contribution in [2.24, 2.45) is 0 Å². The van der Waals surface area contributed by atoms with Crippen LogP contribution in [0.5, 0.6) is 0 Å². The topological polar surface area (TPSA) is 34.1 Å². The van der Waals surface area contributed by atoms with Crippen LogP contribution in [-0.2, 0) is 11.8 Å². The van der Waals surface area contributed by atoms with Gasteiger partial charge in [-0.2, -0.15) is 0 Å². The van der Waals surface area contributed by atoms with Gasteiger partial charge in [-0.3, -0.25) is 9.59 Å². The first-order valence-electron chi connectivity index (χ1n) is 15.0. The van der Waals surface area contributed by atoms with E-state index in [-0.39, 0.29) is 0 Å². The zero-order valence-electron chi connectivity index (χ0n) is 24.3. The molecule has 0 fully saturated rings. The molecular formula is C38H32O2S3. The highest BCUT2D eigenvalue weighted by Gasteiger charge is 2.49. The number of unbranched alkanes of at least 4 members (excludes halogenated alkanes) is 3. The maximum Gasteiger partial charge on any atom is 0.160 e. The van der Waals surface area contributed by atoms with Crippen molar-refractivity contribution in [2.45, 2.75) is 51.4 Å². The Morgan fingerprint density at radius 2 is 1.47 bits per heavy atom. The lowest BCUT2D eigenvalue weighted by molar-refractivity contribution is 0.111. The van der Waals surface area contributed by atoms with Gasteiger partial charge in [0.2, 0.25) is 0 Å². The summed E-state index contributed by atoms with van der Waals surface area (Å²) in [5.74, 6) is 0. The fraction of sp³-hybridized carbons (Fsp3) is 0.211. The van der Waals surface area contributed by atoms with E-state index in [0.29, 0.717) is 0 Å². The molecule has 214 valence electrons. The molecule has 0 saturated carbocycles. The van der Waals surface area contributed by atoms with Crippen molar-refractivity contribution in [3.63, 3.8) is 0 Å². The van der Waals surface area contributed by atoms with Crippen molar-refractivity contribution in [3.8, 4) is 20.9 Å². The van der Waals surface area contributed by atoms with Gasteiger partial charge in [-0.1, -0.05) is 92.4 Å². The number of carbonyl (C=O) groups excluding carboxylic acids is 2. The molecule has 5 heteroatoms. The van der Waals surface area contributed by atoms with Gasteiger partial charge in [-0.15, -0.1) is 34.0 Å². The van der Waals surface area contributed by atoms with E-state index >= 15 is 0 Å². The highest BCUT2D eigenvalue weighted by molar-refractivity contribution is 7.30. The summed E-state index contributed by atoms with van der Waals surface area (Å²) in [6.45, 7) is 4.39. The van der Waals surface area contributed by atoms with Gasteiger partial charge in [0.25, 0.3) is 0 Å². The van der Waals surface area contributed by atoms with Gasteiger partial charge < -0.3 is 0 Å². The first kappa shape index (κ1) is 28.1. The molecule has 2 nitrogen and oxygen atoms in total. The summed E-state index contributed by atoms with van der Waals surface area (Å²) in [6.07, 6.45) is 8.01. The van der Waals surface area contributed by atoms with Gasteiger partial charge in [0.15, 0.2) is 12.6 Å². The van der Waals surface area contributed by atoms with Crippen LogP contribution < -0.4 is 0 Å². The summed E-state index contributed by atoms with van der Waals surface area (Å²) in [4.78, 5) is 27.3. The largest absolute Gasteiger partial charge is 0.297 e. The second kappa shape index (κ2) is 11.5. The molecule has 6 aromatic rings. The average molecular weight is 617 g/mol. The van der Waals surface area contributed by atoms with Crippen LogP contribution in [0.15, 0.2) is 84.9 Å². The van der Waals surface area contributed by atoms with Gasteiger partial charge in [-0.25, -0.2) is 0 Å². The molecular weight excluding hydrogens is 585 g/mol. The fourth-order valence-electron chi connectivity index (χ4n) is 6.65. The number of hydrogen-bond acceptors (Lipinski definition) is 5. The van der Waals surface area contributed by atoms with E-state index in [2.05, 4.69) is 92.7 Å². The summed E-state index contributed by atoms with van der Waals surface area (Å²) in [5.41, 5.74) is 9.44.